The molecule has 0 spiro atoms. The minimum atomic E-state index is -0.864. The number of rotatable bonds is 7. The number of carbonyl (C=O) groups excluding carboxylic acids is 1. The Kier molecular flexibility index (Phi) is 5.28. The van der Waals surface area contributed by atoms with Crippen LogP contribution in [-0.2, 0) is 22.6 Å². The molecule has 0 fully saturated rings. The molecule has 0 atom stereocenters. The van der Waals surface area contributed by atoms with Crippen molar-refractivity contribution < 1.29 is 29.3 Å². The Balaban J connectivity index is 2.44. The van der Waals surface area contributed by atoms with Crippen LogP contribution in [0.5, 0.6) is 11.5 Å². The molecule has 0 radical (unpaired) electrons. The van der Waals surface area contributed by atoms with Crippen molar-refractivity contribution in [3.63, 3.8) is 0 Å². The molecule has 0 saturated carbocycles. The fourth-order valence-electron chi connectivity index (χ4n) is 2.74. The van der Waals surface area contributed by atoms with Crippen molar-refractivity contribution in [3.05, 3.63) is 40.5 Å². The standard InChI is InChI=1S/C18H20O6/c1-4-11-13-9-24-18(22)15(13)16(21)12(17(11)23-3)7-5-10(2)6-8-14(19)20/h4-5,21H,1,6-9H2,2-3H3,(H,19,20)/b10-5+. The molecule has 2 rings (SSSR count). The number of hydrogen-bond donors (Lipinski definition) is 2. The van der Waals surface area contributed by atoms with E-state index in [2.05, 4.69) is 6.58 Å². The van der Waals surface area contributed by atoms with Gasteiger partial charge in [0, 0.05) is 23.1 Å². The lowest BCUT2D eigenvalue weighted by molar-refractivity contribution is -0.136. The first-order valence-electron chi connectivity index (χ1n) is 7.52. The summed E-state index contributed by atoms with van der Waals surface area (Å²) in [5.74, 6) is -1.14. The number of aromatic hydroxyl groups is 1. The molecule has 1 aromatic carbocycles. The summed E-state index contributed by atoms with van der Waals surface area (Å²) in [6.07, 6.45) is 4.16. The second-order valence-corrected chi connectivity index (χ2v) is 5.56. The second-order valence-electron chi connectivity index (χ2n) is 5.56. The van der Waals surface area contributed by atoms with Crippen molar-refractivity contribution in [1.29, 1.82) is 0 Å². The van der Waals surface area contributed by atoms with E-state index in [4.69, 9.17) is 14.6 Å². The van der Waals surface area contributed by atoms with Crippen molar-refractivity contribution in [2.75, 3.05) is 7.11 Å². The number of allylic oxidation sites excluding steroid dienone is 2. The number of carbonyl (C=O) groups is 2. The molecular weight excluding hydrogens is 312 g/mol. The Morgan fingerprint density at radius 1 is 1.42 bits per heavy atom. The number of aliphatic carboxylic acids is 1. The van der Waals surface area contributed by atoms with Crippen LogP contribution in [0.1, 0.15) is 46.8 Å². The maximum absolute atomic E-state index is 11.9. The average Bonchev–Trinajstić information content (AvgIpc) is 2.93. The number of hydrogen-bond acceptors (Lipinski definition) is 5. The molecule has 1 aliphatic rings. The third-order valence-electron chi connectivity index (χ3n) is 4.02. The molecule has 1 aromatic rings. The van der Waals surface area contributed by atoms with E-state index in [1.807, 2.05) is 13.0 Å². The van der Waals surface area contributed by atoms with Gasteiger partial charge in [0.25, 0.3) is 0 Å². The second kappa shape index (κ2) is 7.21. The molecule has 6 heteroatoms. The molecule has 1 aliphatic heterocycles. The summed E-state index contributed by atoms with van der Waals surface area (Å²) in [5.41, 5.74) is 2.68. The van der Waals surface area contributed by atoms with Crippen LogP contribution in [0.4, 0.5) is 0 Å². The van der Waals surface area contributed by atoms with Gasteiger partial charge in [0.1, 0.15) is 23.7 Å². The topological polar surface area (TPSA) is 93.1 Å². The molecule has 0 aliphatic carbocycles. The third kappa shape index (κ3) is 3.27. The zero-order valence-corrected chi connectivity index (χ0v) is 13.7. The van der Waals surface area contributed by atoms with Gasteiger partial charge in [-0.1, -0.05) is 24.3 Å². The first kappa shape index (κ1) is 17.6. The third-order valence-corrected chi connectivity index (χ3v) is 4.02. The minimum absolute atomic E-state index is 0.0415. The number of benzene rings is 1. The van der Waals surface area contributed by atoms with E-state index in [0.29, 0.717) is 35.3 Å². The molecule has 0 saturated heterocycles. The minimum Gasteiger partial charge on any atom is -0.507 e. The molecular formula is C18H20O6. The van der Waals surface area contributed by atoms with Gasteiger partial charge in [0.2, 0.25) is 0 Å². The van der Waals surface area contributed by atoms with Crippen molar-refractivity contribution >= 4 is 18.0 Å². The molecule has 0 bridgehead atoms. The number of carboxylic acids is 1. The van der Waals surface area contributed by atoms with Gasteiger partial charge >= 0.3 is 11.9 Å². The van der Waals surface area contributed by atoms with Crippen LogP contribution < -0.4 is 4.74 Å². The molecule has 128 valence electrons. The molecule has 24 heavy (non-hydrogen) atoms. The van der Waals surface area contributed by atoms with Gasteiger partial charge in [-0.3, -0.25) is 4.79 Å². The summed E-state index contributed by atoms with van der Waals surface area (Å²) in [6.45, 7) is 5.65. The van der Waals surface area contributed by atoms with Crippen molar-refractivity contribution in [1.82, 2.24) is 0 Å². The fourth-order valence-corrected chi connectivity index (χ4v) is 2.74. The van der Waals surface area contributed by atoms with Crippen molar-refractivity contribution in [3.8, 4) is 11.5 Å². The van der Waals surface area contributed by atoms with Crippen LogP contribution >= 0.6 is 0 Å². The highest BCUT2D eigenvalue weighted by Crippen LogP contribution is 2.42. The van der Waals surface area contributed by atoms with Crippen molar-refractivity contribution in [2.45, 2.75) is 32.8 Å². The largest absolute Gasteiger partial charge is 0.507 e. The zero-order chi connectivity index (χ0) is 17.9. The van der Waals surface area contributed by atoms with E-state index in [0.717, 1.165) is 5.57 Å². The van der Waals surface area contributed by atoms with E-state index < -0.39 is 11.9 Å². The Labute approximate surface area is 140 Å². The first-order chi connectivity index (χ1) is 11.4. The van der Waals surface area contributed by atoms with Gasteiger partial charge in [-0.25, -0.2) is 4.79 Å². The maximum atomic E-state index is 11.9. The lowest BCUT2D eigenvalue weighted by Gasteiger charge is -2.16. The number of carboxylic acid groups (broad SMARTS) is 1. The van der Waals surface area contributed by atoms with E-state index in [-0.39, 0.29) is 24.3 Å². The van der Waals surface area contributed by atoms with Crippen LogP contribution in [0.15, 0.2) is 18.2 Å². The summed E-state index contributed by atoms with van der Waals surface area (Å²) in [4.78, 5) is 22.5. The Morgan fingerprint density at radius 3 is 2.71 bits per heavy atom. The van der Waals surface area contributed by atoms with Gasteiger partial charge in [0.05, 0.1) is 7.11 Å². The molecule has 0 unspecified atom stereocenters. The normalized spacial score (nSPS) is 13.4. The summed E-state index contributed by atoms with van der Waals surface area (Å²) in [6, 6.07) is 0. The quantitative estimate of drug-likeness (QED) is 0.589. The van der Waals surface area contributed by atoms with Gasteiger partial charge in [-0.05, 0) is 19.8 Å². The smallest absolute Gasteiger partial charge is 0.342 e. The van der Waals surface area contributed by atoms with Crippen molar-refractivity contribution in [2.24, 2.45) is 0 Å². The molecule has 2 N–H and O–H groups in total. The molecule has 0 amide bonds. The van der Waals surface area contributed by atoms with E-state index >= 15 is 0 Å². The lowest BCUT2D eigenvalue weighted by atomic mass is 9.94. The van der Waals surface area contributed by atoms with Crippen LogP contribution in [-0.4, -0.2) is 29.3 Å². The number of cyclic esters (lactones) is 1. The molecule has 1 heterocycles. The fraction of sp³-hybridized carbons (Fsp3) is 0.333. The summed E-state index contributed by atoms with van der Waals surface area (Å²) in [5, 5.41) is 19.2. The predicted octanol–water partition coefficient (Wildman–Crippen LogP) is 3.07. The van der Waals surface area contributed by atoms with Crippen LogP contribution in [0.2, 0.25) is 0 Å². The number of ether oxygens (including phenoxy) is 2. The predicted molar refractivity (Wildman–Crippen MR) is 88.2 cm³/mol. The Morgan fingerprint density at radius 2 is 2.12 bits per heavy atom. The van der Waals surface area contributed by atoms with E-state index in [9.17, 15) is 14.7 Å². The zero-order valence-electron chi connectivity index (χ0n) is 13.7. The van der Waals surface area contributed by atoms with Crippen LogP contribution in [0.25, 0.3) is 6.08 Å². The SMILES string of the molecule is C=Cc1c2c(c(O)c(C/C=C(\C)CCC(=O)O)c1OC)C(=O)OC2. The average molecular weight is 332 g/mol. The van der Waals surface area contributed by atoms with Gasteiger partial charge in [-0.2, -0.15) is 0 Å². The Bertz CT molecular complexity index is 730. The summed E-state index contributed by atoms with van der Waals surface area (Å²) >= 11 is 0. The molecule has 6 nitrogen and oxygen atoms in total. The number of fused-ring (bicyclic) bond motifs is 1. The highest BCUT2D eigenvalue weighted by Gasteiger charge is 2.32. The Hall–Kier alpha value is -2.76. The summed E-state index contributed by atoms with van der Waals surface area (Å²) in [7, 11) is 1.48. The maximum Gasteiger partial charge on any atom is 0.342 e. The number of phenolic OH excluding ortho intramolecular Hbond substituents is 1. The number of esters is 1. The van der Waals surface area contributed by atoms with Crippen LogP contribution in [0, 0.1) is 0 Å². The van der Waals surface area contributed by atoms with Gasteiger partial charge in [0.15, 0.2) is 0 Å². The highest BCUT2D eigenvalue weighted by atomic mass is 16.5. The van der Waals surface area contributed by atoms with Gasteiger partial charge in [-0.15, -0.1) is 0 Å². The summed E-state index contributed by atoms with van der Waals surface area (Å²) < 4.78 is 10.4. The van der Waals surface area contributed by atoms with E-state index in [1.165, 1.54) is 7.11 Å². The van der Waals surface area contributed by atoms with Crippen LogP contribution in [0.3, 0.4) is 0 Å². The number of methoxy groups -OCH3 is 1. The monoisotopic (exact) mass is 332 g/mol. The number of phenols is 1. The van der Waals surface area contributed by atoms with Gasteiger partial charge < -0.3 is 19.7 Å². The molecule has 0 aromatic heterocycles. The first-order valence-corrected chi connectivity index (χ1v) is 7.52. The van der Waals surface area contributed by atoms with E-state index in [1.54, 1.807) is 6.08 Å². The highest BCUT2D eigenvalue weighted by molar-refractivity contribution is 5.99. The lowest BCUT2D eigenvalue weighted by Crippen LogP contribution is -2.03.